The van der Waals surface area contributed by atoms with E-state index in [-0.39, 0.29) is 24.4 Å². The topological polar surface area (TPSA) is 90.9 Å². The zero-order chi connectivity index (χ0) is 24.3. The molecule has 0 bridgehead atoms. The minimum Gasteiger partial charge on any atom is -0.491 e. The van der Waals surface area contributed by atoms with Gasteiger partial charge < -0.3 is 19.5 Å². The number of Topliss-reactive ketones (excluding diaryl/α,β-unsaturated/α-hetero) is 1. The van der Waals surface area contributed by atoms with E-state index in [0.717, 1.165) is 5.70 Å². The molecule has 0 unspecified atom stereocenters. The van der Waals surface area contributed by atoms with Crippen molar-refractivity contribution in [2.45, 2.75) is 59.5 Å². The number of ketones is 1. The summed E-state index contributed by atoms with van der Waals surface area (Å²) < 4.78 is 16.5. The summed E-state index contributed by atoms with van der Waals surface area (Å²) in [6.45, 7) is 9.70. The molecule has 0 radical (unpaired) electrons. The first kappa shape index (κ1) is 24.6. The minimum absolute atomic E-state index is 0.105. The Bertz CT molecular complexity index is 1010. The fourth-order valence-electron chi connectivity index (χ4n) is 4.61. The van der Waals surface area contributed by atoms with Crippen molar-refractivity contribution in [3.8, 4) is 5.75 Å². The highest BCUT2D eigenvalue weighted by Crippen LogP contribution is 2.47. The molecule has 1 aliphatic heterocycles. The van der Waals surface area contributed by atoms with E-state index in [1.54, 1.807) is 0 Å². The molecule has 0 saturated carbocycles. The molecule has 0 saturated heterocycles. The van der Waals surface area contributed by atoms with Gasteiger partial charge in [-0.25, -0.2) is 4.79 Å². The number of dihydropyridines is 1. The number of carbonyl (C=O) groups excluding carboxylic acids is 3. The van der Waals surface area contributed by atoms with Crippen LogP contribution in [0.4, 0.5) is 0 Å². The average Bonchev–Trinajstić information content (AvgIpc) is 2.76. The molecule has 0 fully saturated rings. The molecule has 1 aliphatic carbocycles. The van der Waals surface area contributed by atoms with Crippen LogP contribution in [0.5, 0.6) is 5.75 Å². The summed E-state index contributed by atoms with van der Waals surface area (Å²) in [6, 6.07) is 7.39. The minimum atomic E-state index is -0.928. The molecule has 7 heteroatoms. The van der Waals surface area contributed by atoms with Crippen molar-refractivity contribution >= 4 is 17.7 Å². The summed E-state index contributed by atoms with van der Waals surface area (Å²) in [7, 11) is 1.28. The lowest BCUT2D eigenvalue weighted by Gasteiger charge is -2.38. The van der Waals surface area contributed by atoms with Gasteiger partial charge in [0.2, 0.25) is 0 Å². The average molecular weight is 456 g/mol. The second kappa shape index (κ2) is 10.2. The Morgan fingerprint density at radius 2 is 1.91 bits per heavy atom. The van der Waals surface area contributed by atoms with E-state index in [1.165, 1.54) is 7.11 Å². The maximum Gasteiger partial charge on any atom is 0.336 e. The molecule has 178 valence electrons. The van der Waals surface area contributed by atoms with E-state index in [1.807, 2.05) is 58.9 Å². The van der Waals surface area contributed by atoms with Crippen LogP contribution in [0.2, 0.25) is 0 Å². The maximum atomic E-state index is 13.8. The predicted octanol–water partition coefficient (Wildman–Crippen LogP) is 4.04. The number of nitrogens with one attached hydrogen (secondary N) is 1. The summed E-state index contributed by atoms with van der Waals surface area (Å²) in [5.74, 6) is -2.68. The standard InChI is InChI=1S/C26H33NO6/c1-7-12-32-26(30)21-16(5)27-18-13-15(4)20(25(29)31-6)24(28)23(18)22(21)17-10-8-9-11-19(17)33-14(2)3/h8-11,14-15,20,22,27H,7,12-13H2,1-6H3/t15-,20+,22+/m0/s1. The fourth-order valence-corrected chi connectivity index (χ4v) is 4.61. The number of allylic oxidation sites excluding steroid dienone is 3. The SMILES string of the molecule is CCCOC(=O)C1=C(C)NC2=C(C(=O)[C@H](C(=O)OC)[C@@H](C)C2)[C@@H]1c1ccccc1OC(C)C. The predicted molar refractivity (Wildman–Crippen MR) is 123 cm³/mol. The van der Waals surface area contributed by atoms with E-state index < -0.39 is 23.8 Å². The Morgan fingerprint density at radius 1 is 1.21 bits per heavy atom. The molecule has 1 aromatic rings. The van der Waals surface area contributed by atoms with Gasteiger partial charge in [0.05, 0.1) is 31.3 Å². The lowest BCUT2D eigenvalue weighted by Crippen LogP contribution is -2.43. The van der Waals surface area contributed by atoms with Crippen LogP contribution in [0.15, 0.2) is 46.8 Å². The van der Waals surface area contributed by atoms with Gasteiger partial charge in [0, 0.05) is 22.5 Å². The molecule has 7 nitrogen and oxygen atoms in total. The maximum absolute atomic E-state index is 13.8. The third kappa shape index (κ3) is 4.82. The van der Waals surface area contributed by atoms with Gasteiger partial charge in [0.1, 0.15) is 11.7 Å². The molecule has 3 atom stereocenters. The summed E-state index contributed by atoms with van der Waals surface area (Å²) in [5, 5.41) is 3.27. The molecule has 3 rings (SSSR count). The van der Waals surface area contributed by atoms with Crippen molar-refractivity contribution in [3.63, 3.8) is 0 Å². The van der Waals surface area contributed by atoms with Crippen LogP contribution in [0.25, 0.3) is 0 Å². The third-order valence-corrected chi connectivity index (χ3v) is 5.99. The summed E-state index contributed by atoms with van der Waals surface area (Å²) >= 11 is 0. The normalized spacial score (nSPS) is 22.6. The number of hydrogen-bond donors (Lipinski definition) is 1. The number of esters is 2. The molecular weight excluding hydrogens is 422 g/mol. The van der Waals surface area contributed by atoms with Crippen LogP contribution in [0.3, 0.4) is 0 Å². The smallest absolute Gasteiger partial charge is 0.336 e. The number of ether oxygens (including phenoxy) is 3. The third-order valence-electron chi connectivity index (χ3n) is 5.99. The first-order valence-corrected chi connectivity index (χ1v) is 11.5. The Kier molecular flexibility index (Phi) is 7.61. The van der Waals surface area contributed by atoms with Crippen LogP contribution in [-0.4, -0.2) is 37.5 Å². The highest BCUT2D eigenvalue weighted by Gasteiger charge is 2.47. The van der Waals surface area contributed by atoms with Gasteiger partial charge in [0.25, 0.3) is 0 Å². The first-order valence-electron chi connectivity index (χ1n) is 11.5. The number of hydrogen-bond acceptors (Lipinski definition) is 7. The second-order valence-electron chi connectivity index (χ2n) is 8.88. The van der Waals surface area contributed by atoms with Crippen molar-refractivity contribution in [2.75, 3.05) is 13.7 Å². The highest BCUT2D eigenvalue weighted by atomic mass is 16.5. The van der Waals surface area contributed by atoms with E-state index in [0.29, 0.717) is 41.0 Å². The number of methoxy groups -OCH3 is 1. The number of rotatable bonds is 7. The van der Waals surface area contributed by atoms with Gasteiger partial charge in [-0.05, 0) is 45.6 Å². The Labute approximate surface area is 195 Å². The van der Waals surface area contributed by atoms with Gasteiger partial charge in [0.15, 0.2) is 5.78 Å². The van der Waals surface area contributed by atoms with E-state index >= 15 is 0 Å². The lowest BCUT2D eigenvalue weighted by atomic mass is 9.69. The van der Waals surface area contributed by atoms with E-state index in [9.17, 15) is 14.4 Å². The molecule has 0 spiro atoms. The zero-order valence-electron chi connectivity index (χ0n) is 20.2. The van der Waals surface area contributed by atoms with E-state index in [2.05, 4.69) is 5.32 Å². The van der Waals surface area contributed by atoms with Crippen LogP contribution in [0, 0.1) is 11.8 Å². The highest BCUT2D eigenvalue weighted by molar-refractivity contribution is 6.12. The monoisotopic (exact) mass is 455 g/mol. The summed E-state index contributed by atoms with van der Waals surface area (Å²) in [5.41, 5.74) is 2.80. The molecule has 0 aromatic heterocycles. The molecule has 2 aliphatic rings. The van der Waals surface area contributed by atoms with Crippen molar-refractivity contribution in [2.24, 2.45) is 11.8 Å². The Balaban J connectivity index is 2.22. The largest absolute Gasteiger partial charge is 0.491 e. The lowest BCUT2D eigenvalue weighted by molar-refractivity contribution is -0.151. The van der Waals surface area contributed by atoms with Crippen molar-refractivity contribution < 1.29 is 28.6 Å². The molecule has 0 amide bonds. The summed E-state index contributed by atoms with van der Waals surface area (Å²) in [6.07, 6.45) is 1.06. The quantitative estimate of drug-likeness (QED) is 0.490. The van der Waals surface area contributed by atoms with Gasteiger partial charge in [-0.15, -0.1) is 0 Å². The fraction of sp³-hybridized carbons (Fsp3) is 0.500. The zero-order valence-corrected chi connectivity index (χ0v) is 20.2. The Hall–Kier alpha value is -3.09. The number of para-hydroxylation sites is 1. The van der Waals surface area contributed by atoms with Crippen LogP contribution >= 0.6 is 0 Å². The van der Waals surface area contributed by atoms with Crippen molar-refractivity contribution in [1.29, 1.82) is 0 Å². The van der Waals surface area contributed by atoms with Crippen molar-refractivity contribution in [1.82, 2.24) is 5.32 Å². The Morgan fingerprint density at radius 3 is 2.55 bits per heavy atom. The van der Waals surface area contributed by atoms with E-state index in [4.69, 9.17) is 14.2 Å². The summed E-state index contributed by atoms with van der Waals surface area (Å²) in [4.78, 5) is 39.5. The van der Waals surface area contributed by atoms with Crippen LogP contribution in [-0.2, 0) is 23.9 Å². The van der Waals surface area contributed by atoms with Crippen LogP contribution in [0.1, 0.15) is 58.9 Å². The van der Waals surface area contributed by atoms with Gasteiger partial charge in [-0.2, -0.15) is 0 Å². The van der Waals surface area contributed by atoms with Crippen LogP contribution < -0.4 is 10.1 Å². The molecule has 1 N–H and O–H groups in total. The van der Waals surface area contributed by atoms with Gasteiger partial charge >= 0.3 is 11.9 Å². The number of benzene rings is 1. The van der Waals surface area contributed by atoms with Gasteiger partial charge in [-0.3, -0.25) is 9.59 Å². The molecule has 33 heavy (non-hydrogen) atoms. The first-order chi connectivity index (χ1) is 15.7. The molecule has 1 heterocycles. The number of carbonyl (C=O) groups is 3. The second-order valence-corrected chi connectivity index (χ2v) is 8.88. The van der Waals surface area contributed by atoms with Crippen molar-refractivity contribution in [3.05, 3.63) is 52.4 Å². The van der Waals surface area contributed by atoms with Gasteiger partial charge in [-0.1, -0.05) is 32.0 Å². The molecule has 1 aromatic carbocycles. The molecular formula is C26H33NO6.